The Balaban J connectivity index is 3.31. The Bertz CT molecular complexity index is 110. The standard InChI is InChI=1S/C10H21BrS/c1-9(2)5-6-12-8-10(3,4)7-11/h9H,5-8H2,1-4H3. The van der Waals surface area contributed by atoms with Crippen LogP contribution in [0.2, 0.25) is 0 Å². The molecule has 0 aliphatic rings. The lowest BCUT2D eigenvalue weighted by Gasteiger charge is -2.20. The molecule has 0 radical (unpaired) electrons. The van der Waals surface area contributed by atoms with Crippen LogP contribution in [0.5, 0.6) is 0 Å². The maximum Gasteiger partial charge on any atom is 0.00905 e. The molecule has 0 nitrogen and oxygen atoms in total. The fraction of sp³-hybridized carbons (Fsp3) is 1.00. The van der Waals surface area contributed by atoms with E-state index in [9.17, 15) is 0 Å². The van der Waals surface area contributed by atoms with Crippen LogP contribution in [0.4, 0.5) is 0 Å². The first-order valence-corrected chi connectivity index (χ1v) is 6.89. The molecule has 2 heteroatoms. The lowest BCUT2D eigenvalue weighted by atomic mass is 10.0. The van der Waals surface area contributed by atoms with Crippen molar-refractivity contribution in [2.75, 3.05) is 16.8 Å². The van der Waals surface area contributed by atoms with Gasteiger partial charge in [0.15, 0.2) is 0 Å². The number of alkyl halides is 1. The molecule has 0 heterocycles. The third-order valence-corrected chi connectivity index (χ3v) is 4.72. The van der Waals surface area contributed by atoms with Gasteiger partial charge in [0.2, 0.25) is 0 Å². The van der Waals surface area contributed by atoms with Crippen LogP contribution >= 0.6 is 27.7 Å². The topological polar surface area (TPSA) is 0 Å². The second-order valence-electron chi connectivity index (χ2n) is 4.53. The summed E-state index contributed by atoms with van der Waals surface area (Å²) in [5, 5.41) is 1.11. The van der Waals surface area contributed by atoms with Gasteiger partial charge in [0.05, 0.1) is 0 Å². The highest BCUT2D eigenvalue weighted by atomic mass is 79.9. The monoisotopic (exact) mass is 252 g/mol. The highest BCUT2D eigenvalue weighted by molar-refractivity contribution is 9.09. The van der Waals surface area contributed by atoms with Crippen LogP contribution in [0.3, 0.4) is 0 Å². The van der Waals surface area contributed by atoms with Gasteiger partial charge in [-0.05, 0) is 29.3 Å². The molecular formula is C10H21BrS. The molecule has 0 spiro atoms. The van der Waals surface area contributed by atoms with Crippen molar-refractivity contribution in [3.05, 3.63) is 0 Å². The van der Waals surface area contributed by atoms with Gasteiger partial charge in [-0.25, -0.2) is 0 Å². The molecule has 0 saturated heterocycles. The number of thioether (sulfide) groups is 1. The van der Waals surface area contributed by atoms with E-state index in [1.165, 1.54) is 17.9 Å². The van der Waals surface area contributed by atoms with Gasteiger partial charge in [0, 0.05) is 5.33 Å². The Labute approximate surface area is 90.0 Å². The minimum Gasteiger partial charge on any atom is -0.161 e. The molecule has 0 unspecified atom stereocenters. The highest BCUT2D eigenvalue weighted by Gasteiger charge is 2.15. The minimum atomic E-state index is 0.460. The molecule has 0 N–H and O–H groups in total. The van der Waals surface area contributed by atoms with E-state index < -0.39 is 0 Å². The van der Waals surface area contributed by atoms with Gasteiger partial charge in [-0.3, -0.25) is 0 Å². The molecule has 0 amide bonds. The quantitative estimate of drug-likeness (QED) is 0.505. The first-order chi connectivity index (χ1) is 5.48. The van der Waals surface area contributed by atoms with Crippen molar-refractivity contribution in [1.29, 1.82) is 0 Å². The molecule has 0 bridgehead atoms. The predicted octanol–water partition coefficient (Wildman–Crippen LogP) is 4.19. The number of hydrogen-bond acceptors (Lipinski definition) is 1. The molecule has 0 aromatic carbocycles. The highest BCUT2D eigenvalue weighted by Crippen LogP contribution is 2.24. The van der Waals surface area contributed by atoms with Crippen LogP contribution in [-0.4, -0.2) is 16.8 Å². The maximum atomic E-state index is 3.54. The Hall–Kier alpha value is 0.830. The Kier molecular flexibility index (Phi) is 6.75. The summed E-state index contributed by atoms with van der Waals surface area (Å²) in [6.07, 6.45) is 1.35. The van der Waals surface area contributed by atoms with Gasteiger partial charge >= 0.3 is 0 Å². The second kappa shape index (κ2) is 6.31. The molecule has 0 atom stereocenters. The van der Waals surface area contributed by atoms with Gasteiger partial charge in [0.25, 0.3) is 0 Å². The average molecular weight is 253 g/mol. The van der Waals surface area contributed by atoms with E-state index in [1.807, 2.05) is 0 Å². The number of rotatable bonds is 6. The van der Waals surface area contributed by atoms with Crippen molar-refractivity contribution in [1.82, 2.24) is 0 Å². The Morgan fingerprint density at radius 1 is 1.33 bits per heavy atom. The number of hydrogen-bond donors (Lipinski definition) is 0. The summed E-state index contributed by atoms with van der Waals surface area (Å²) in [6, 6.07) is 0. The van der Waals surface area contributed by atoms with E-state index in [0.717, 1.165) is 11.2 Å². The zero-order valence-corrected chi connectivity index (χ0v) is 11.1. The third-order valence-electron chi connectivity index (χ3n) is 1.69. The molecule has 0 saturated carbocycles. The molecule has 0 fully saturated rings. The van der Waals surface area contributed by atoms with Crippen LogP contribution in [0.15, 0.2) is 0 Å². The summed E-state index contributed by atoms with van der Waals surface area (Å²) < 4.78 is 0. The van der Waals surface area contributed by atoms with Crippen LogP contribution in [-0.2, 0) is 0 Å². The van der Waals surface area contributed by atoms with Gasteiger partial charge in [-0.15, -0.1) is 0 Å². The van der Waals surface area contributed by atoms with Gasteiger partial charge in [-0.2, -0.15) is 11.8 Å². The van der Waals surface area contributed by atoms with Crippen LogP contribution < -0.4 is 0 Å². The van der Waals surface area contributed by atoms with Crippen molar-refractivity contribution < 1.29 is 0 Å². The number of halogens is 1. The average Bonchev–Trinajstić information content (AvgIpc) is 1.98. The minimum absolute atomic E-state index is 0.460. The van der Waals surface area contributed by atoms with Crippen LogP contribution in [0, 0.1) is 11.3 Å². The Morgan fingerprint density at radius 3 is 2.33 bits per heavy atom. The molecule has 0 aliphatic carbocycles. The normalized spacial score (nSPS) is 12.5. The summed E-state index contributed by atoms with van der Waals surface area (Å²) in [5.41, 5.74) is 0.460. The van der Waals surface area contributed by atoms with Crippen LogP contribution in [0.25, 0.3) is 0 Å². The van der Waals surface area contributed by atoms with Crippen molar-refractivity contribution in [2.24, 2.45) is 11.3 Å². The van der Waals surface area contributed by atoms with E-state index in [1.54, 1.807) is 0 Å². The lowest BCUT2D eigenvalue weighted by Crippen LogP contribution is -2.16. The summed E-state index contributed by atoms with van der Waals surface area (Å²) in [7, 11) is 0. The van der Waals surface area contributed by atoms with E-state index in [4.69, 9.17) is 0 Å². The van der Waals surface area contributed by atoms with E-state index in [-0.39, 0.29) is 0 Å². The molecule has 0 rings (SSSR count). The van der Waals surface area contributed by atoms with Gasteiger partial charge < -0.3 is 0 Å². The SMILES string of the molecule is CC(C)CCSCC(C)(C)CBr. The molecule has 0 aromatic heterocycles. The lowest BCUT2D eigenvalue weighted by molar-refractivity contribution is 0.495. The molecular weight excluding hydrogens is 232 g/mol. The summed E-state index contributed by atoms with van der Waals surface area (Å²) in [5.74, 6) is 3.43. The van der Waals surface area contributed by atoms with Crippen molar-refractivity contribution >= 4 is 27.7 Å². The van der Waals surface area contributed by atoms with Crippen LogP contribution in [0.1, 0.15) is 34.1 Å². The van der Waals surface area contributed by atoms with E-state index >= 15 is 0 Å². The molecule has 12 heavy (non-hydrogen) atoms. The molecule has 74 valence electrons. The molecule has 0 aliphatic heterocycles. The smallest absolute Gasteiger partial charge is 0.00905 e. The van der Waals surface area contributed by atoms with Crippen molar-refractivity contribution in [3.63, 3.8) is 0 Å². The third kappa shape index (κ3) is 7.48. The summed E-state index contributed by atoms with van der Waals surface area (Å²) >= 11 is 5.62. The maximum absolute atomic E-state index is 3.54. The van der Waals surface area contributed by atoms with Crippen molar-refractivity contribution in [3.8, 4) is 0 Å². The molecule has 0 aromatic rings. The summed E-state index contributed by atoms with van der Waals surface area (Å²) in [6.45, 7) is 9.20. The summed E-state index contributed by atoms with van der Waals surface area (Å²) in [4.78, 5) is 0. The predicted molar refractivity (Wildman–Crippen MR) is 64.4 cm³/mol. The second-order valence-corrected chi connectivity index (χ2v) is 6.20. The van der Waals surface area contributed by atoms with Gasteiger partial charge in [-0.1, -0.05) is 43.6 Å². The first kappa shape index (κ1) is 12.8. The fourth-order valence-corrected chi connectivity index (χ4v) is 2.60. The Morgan fingerprint density at radius 2 is 1.92 bits per heavy atom. The van der Waals surface area contributed by atoms with Gasteiger partial charge in [0.1, 0.15) is 0 Å². The zero-order chi connectivity index (χ0) is 9.61. The fourth-order valence-electron chi connectivity index (χ4n) is 0.706. The zero-order valence-electron chi connectivity index (χ0n) is 8.69. The first-order valence-electron chi connectivity index (χ1n) is 4.61. The largest absolute Gasteiger partial charge is 0.161 e. The van der Waals surface area contributed by atoms with E-state index in [0.29, 0.717) is 5.41 Å². The van der Waals surface area contributed by atoms with Crippen molar-refractivity contribution in [2.45, 2.75) is 34.1 Å². The van der Waals surface area contributed by atoms with E-state index in [2.05, 4.69) is 55.4 Å².